The van der Waals surface area contributed by atoms with Crippen LogP contribution >= 0.6 is 22.6 Å². The zero-order valence-corrected chi connectivity index (χ0v) is 20.7. The molecule has 0 heterocycles. The summed E-state index contributed by atoms with van der Waals surface area (Å²) in [6.07, 6.45) is -2.31. The monoisotopic (exact) mass is 586 g/mol. The summed E-state index contributed by atoms with van der Waals surface area (Å²) in [5, 5.41) is 23.5. The van der Waals surface area contributed by atoms with E-state index >= 15 is 0 Å². The molecule has 4 rings (SSSR count). The largest absolute Gasteiger partial charge is 0.481 e. The van der Waals surface area contributed by atoms with Gasteiger partial charge in [0.1, 0.15) is 6.61 Å². The average Bonchev–Trinajstić information content (AvgIpc) is 3.14. The lowest BCUT2D eigenvalue weighted by Crippen LogP contribution is -2.33. The lowest BCUT2D eigenvalue weighted by Gasteiger charge is -2.15. The molecule has 0 aromatic heterocycles. The second-order valence-corrected chi connectivity index (χ2v) is 9.39. The number of anilines is 1. The Morgan fingerprint density at radius 2 is 1.60 bits per heavy atom. The quantitative estimate of drug-likeness (QED) is 0.293. The van der Waals surface area contributed by atoms with Crippen LogP contribution in [0.4, 0.5) is 10.5 Å². The number of benzene rings is 3. The van der Waals surface area contributed by atoms with Crippen LogP contribution in [0.2, 0.25) is 0 Å². The molecule has 180 valence electrons. The SMILES string of the molecule is O=C(O)CC(O)CNC(=O)c1cc(I)cc(NC(=O)OCC2c3ccccc3-c3ccccc32)c1. The summed E-state index contributed by atoms with van der Waals surface area (Å²) in [5.74, 6) is -1.72. The molecule has 4 N–H and O–H groups in total. The maximum Gasteiger partial charge on any atom is 0.411 e. The minimum atomic E-state index is -1.20. The van der Waals surface area contributed by atoms with Crippen molar-refractivity contribution in [3.05, 3.63) is 87.0 Å². The van der Waals surface area contributed by atoms with Gasteiger partial charge in [-0.25, -0.2) is 4.79 Å². The summed E-state index contributed by atoms with van der Waals surface area (Å²) >= 11 is 2.02. The summed E-state index contributed by atoms with van der Waals surface area (Å²) in [6.45, 7) is -0.0374. The van der Waals surface area contributed by atoms with E-state index < -0.39 is 30.5 Å². The van der Waals surface area contributed by atoms with Crippen molar-refractivity contribution in [2.75, 3.05) is 18.5 Å². The Morgan fingerprint density at radius 1 is 0.971 bits per heavy atom. The van der Waals surface area contributed by atoms with Gasteiger partial charge in [-0.1, -0.05) is 48.5 Å². The van der Waals surface area contributed by atoms with Crippen LogP contribution in [0.15, 0.2) is 66.7 Å². The van der Waals surface area contributed by atoms with Gasteiger partial charge in [0.25, 0.3) is 5.91 Å². The van der Waals surface area contributed by atoms with Gasteiger partial charge in [-0.15, -0.1) is 0 Å². The number of amides is 2. The highest BCUT2D eigenvalue weighted by Gasteiger charge is 2.29. The molecule has 0 aliphatic heterocycles. The molecule has 2 amide bonds. The van der Waals surface area contributed by atoms with E-state index in [9.17, 15) is 19.5 Å². The summed E-state index contributed by atoms with van der Waals surface area (Å²) in [4.78, 5) is 35.7. The summed E-state index contributed by atoms with van der Waals surface area (Å²) in [6, 6.07) is 20.9. The van der Waals surface area contributed by atoms with Crippen molar-refractivity contribution in [3.8, 4) is 11.1 Å². The van der Waals surface area contributed by atoms with Crippen molar-refractivity contribution in [1.29, 1.82) is 0 Å². The summed E-state index contributed by atoms with van der Waals surface area (Å²) in [5.41, 5.74) is 5.14. The average molecular weight is 586 g/mol. The maximum atomic E-state index is 12.6. The Bertz CT molecular complexity index is 1230. The number of carbonyl (C=O) groups excluding carboxylic acids is 2. The molecule has 1 aliphatic carbocycles. The van der Waals surface area contributed by atoms with Crippen molar-refractivity contribution < 1.29 is 29.3 Å². The number of hydrogen-bond donors (Lipinski definition) is 4. The highest BCUT2D eigenvalue weighted by molar-refractivity contribution is 14.1. The molecule has 1 atom stereocenters. The number of fused-ring (bicyclic) bond motifs is 3. The van der Waals surface area contributed by atoms with Crippen molar-refractivity contribution in [3.63, 3.8) is 0 Å². The van der Waals surface area contributed by atoms with Crippen molar-refractivity contribution in [2.24, 2.45) is 0 Å². The molecule has 0 spiro atoms. The number of halogens is 1. The van der Waals surface area contributed by atoms with Gasteiger partial charge in [-0.05, 0) is 63.0 Å². The number of aliphatic hydroxyl groups is 1. The zero-order valence-electron chi connectivity index (χ0n) is 18.5. The van der Waals surface area contributed by atoms with Crippen LogP contribution in [0.1, 0.15) is 33.8 Å². The second kappa shape index (κ2) is 10.9. The Morgan fingerprint density at radius 3 is 2.23 bits per heavy atom. The van der Waals surface area contributed by atoms with Crippen molar-refractivity contribution in [1.82, 2.24) is 5.32 Å². The number of aliphatic hydroxyl groups excluding tert-OH is 1. The number of carboxylic acids is 1. The predicted octanol–water partition coefficient (Wildman–Crippen LogP) is 4.22. The lowest BCUT2D eigenvalue weighted by atomic mass is 9.98. The zero-order chi connectivity index (χ0) is 24.9. The topological polar surface area (TPSA) is 125 Å². The van der Waals surface area contributed by atoms with Gasteiger partial charge in [0.05, 0.1) is 12.5 Å². The van der Waals surface area contributed by atoms with Gasteiger partial charge in [-0.3, -0.25) is 14.9 Å². The van der Waals surface area contributed by atoms with Crippen LogP contribution in [-0.2, 0) is 9.53 Å². The fourth-order valence-corrected chi connectivity index (χ4v) is 4.80. The smallest absolute Gasteiger partial charge is 0.411 e. The molecule has 1 aliphatic rings. The number of rotatable bonds is 8. The van der Waals surface area contributed by atoms with Crippen LogP contribution in [0.5, 0.6) is 0 Å². The number of hydrogen-bond acceptors (Lipinski definition) is 5. The number of carboxylic acid groups (broad SMARTS) is 1. The van der Waals surface area contributed by atoms with E-state index in [0.717, 1.165) is 22.3 Å². The first-order chi connectivity index (χ1) is 16.8. The lowest BCUT2D eigenvalue weighted by molar-refractivity contribution is -0.139. The molecule has 9 heteroatoms. The van der Waals surface area contributed by atoms with Crippen molar-refractivity contribution in [2.45, 2.75) is 18.4 Å². The number of aliphatic carboxylic acids is 1. The first-order valence-electron chi connectivity index (χ1n) is 10.9. The number of nitrogens with one attached hydrogen (secondary N) is 2. The summed E-state index contributed by atoms with van der Waals surface area (Å²) in [7, 11) is 0. The normalized spacial score (nSPS) is 12.9. The van der Waals surface area contributed by atoms with Crippen molar-refractivity contribution >= 4 is 46.2 Å². The minimum absolute atomic E-state index is 0.0670. The molecule has 0 radical (unpaired) electrons. The van der Waals surface area contributed by atoms with E-state index in [2.05, 4.69) is 22.8 Å². The summed E-state index contributed by atoms with van der Waals surface area (Å²) < 4.78 is 6.26. The molecule has 35 heavy (non-hydrogen) atoms. The van der Waals surface area contributed by atoms with Crippen LogP contribution in [0.3, 0.4) is 0 Å². The van der Waals surface area contributed by atoms with E-state index in [1.54, 1.807) is 12.1 Å². The maximum absolute atomic E-state index is 12.6. The molecule has 0 saturated heterocycles. The third-order valence-corrected chi connectivity index (χ3v) is 6.28. The molecule has 3 aromatic carbocycles. The predicted molar refractivity (Wildman–Crippen MR) is 138 cm³/mol. The third-order valence-electron chi connectivity index (χ3n) is 5.66. The van der Waals surface area contributed by atoms with E-state index in [4.69, 9.17) is 9.84 Å². The van der Waals surface area contributed by atoms with Crippen LogP contribution < -0.4 is 10.6 Å². The fourth-order valence-electron chi connectivity index (χ4n) is 4.13. The third kappa shape index (κ3) is 5.98. The molecule has 0 bridgehead atoms. The highest BCUT2D eigenvalue weighted by atomic mass is 127. The van der Waals surface area contributed by atoms with Crippen LogP contribution in [-0.4, -0.2) is 47.4 Å². The molecular formula is C26H23IN2O6. The minimum Gasteiger partial charge on any atom is -0.481 e. The van der Waals surface area contributed by atoms with Gasteiger partial charge in [0.2, 0.25) is 0 Å². The van der Waals surface area contributed by atoms with E-state index in [1.807, 2.05) is 59.0 Å². The highest BCUT2D eigenvalue weighted by Crippen LogP contribution is 2.44. The number of ether oxygens (including phenoxy) is 1. The molecule has 1 unspecified atom stereocenters. The van der Waals surface area contributed by atoms with Gasteiger partial charge in [0.15, 0.2) is 0 Å². The first kappa shape index (κ1) is 24.7. The van der Waals surface area contributed by atoms with Gasteiger partial charge >= 0.3 is 12.1 Å². The van der Waals surface area contributed by atoms with Gasteiger partial charge in [0, 0.05) is 27.3 Å². The van der Waals surface area contributed by atoms with Gasteiger partial charge < -0.3 is 20.3 Å². The number of carbonyl (C=O) groups is 3. The standard InChI is InChI=1S/C26H23IN2O6/c27-16-9-15(25(33)28-13-18(30)12-24(31)32)10-17(11-16)29-26(34)35-14-23-21-7-3-1-5-19(21)20-6-2-4-8-22(20)23/h1-11,18,23,30H,12-14H2,(H,28,33)(H,29,34)(H,31,32). The molecule has 3 aromatic rings. The van der Waals surface area contributed by atoms with E-state index in [0.29, 0.717) is 9.26 Å². The van der Waals surface area contributed by atoms with Gasteiger partial charge in [-0.2, -0.15) is 0 Å². The Labute approximate surface area is 215 Å². The molecule has 0 saturated carbocycles. The first-order valence-corrected chi connectivity index (χ1v) is 12.0. The van der Waals surface area contributed by atoms with Crippen LogP contribution in [0, 0.1) is 3.57 Å². The fraction of sp³-hybridized carbons (Fsp3) is 0.192. The molecular weight excluding hydrogens is 563 g/mol. The second-order valence-electron chi connectivity index (χ2n) is 8.14. The molecule has 0 fully saturated rings. The van der Waals surface area contributed by atoms with E-state index in [-0.39, 0.29) is 24.6 Å². The molecule has 8 nitrogen and oxygen atoms in total. The van der Waals surface area contributed by atoms with Crippen LogP contribution in [0.25, 0.3) is 11.1 Å². The Kier molecular flexibility index (Phi) is 7.67. The Hall–Kier alpha value is -3.44. The van der Waals surface area contributed by atoms with E-state index in [1.165, 1.54) is 6.07 Å². The Balaban J connectivity index is 1.39.